The van der Waals surface area contributed by atoms with Crippen molar-refractivity contribution in [1.82, 2.24) is 9.21 Å². The van der Waals surface area contributed by atoms with Gasteiger partial charge >= 0.3 is 0 Å². The van der Waals surface area contributed by atoms with Gasteiger partial charge in [0.2, 0.25) is 15.9 Å². The van der Waals surface area contributed by atoms with Crippen LogP contribution in [0.2, 0.25) is 0 Å². The summed E-state index contributed by atoms with van der Waals surface area (Å²) < 4.78 is 28.4. The maximum atomic E-state index is 14.0. The van der Waals surface area contributed by atoms with Crippen LogP contribution >= 0.6 is 0 Å². The smallest absolute Gasteiger partial charge is 0.243 e. The molecule has 6 heteroatoms. The van der Waals surface area contributed by atoms with Crippen molar-refractivity contribution in [2.24, 2.45) is 5.41 Å². The number of hydrogen-bond donors (Lipinski definition) is 0. The first-order valence-corrected chi connectivity index (χ1v) is 13.5. The normalized spacial score (nSPS) is 21.7. The second kappa shape index (κ2) is 9.59. The first kappa shape index (κ1) is 24.0. The van der Waals surface area contributed by atoms with E-state index in [4.69, 9.17) is 0 Å². The maximum Gasteiger partial charge on any atom is 0.243 e. The predicted molar refractivity (Wildman–Crippen MR) is 131 cm³/mol. The Morgan fingerprint density at radius 3 is 2.27 bits per heavy atom. The Labute approximate surface area is 198 Å². The van der Waals surface area contributed by atoms with Gasteiger partial charge < -0.3 is 4.90 Å². The van der Waals surface area contributed by atoms with E-state index < -0.39 is 16.1 Å². The molecule has 2 fully saturated rings. The minimum atomic E-state index is -3.72. The zero-order valence-electron chi connectivity index (χ0n) is 20.0. The van der Waals surface area contributed by atoms with Gasteiger partial charge in [0, 0.05) is 19.1 Å². The van der Waals surface area contributed by atoms with E-state index in [1.807, 2.05) is 54.3 Å². The molecule has 1 amide bonds. The summed E-state index contributed by atoms with van der Waals surface area (Å²) in [6, 6.07) is 16.5. The predicted octanol–water partition coefficient (Wildman–Crippen LogP) is 5.15. The number of benzene rings is 2. The van der Waals surface area contributed by atoms with Crippen molar-refractivity contribution in [3.8, 4) is 0 Å². The van der Waals surface area contributed by atoms with E-state index in [1.54, 1.807) is 12.1 Å². The summed E-state index contributed by atoms with van der Waals surface area (Å²) in [6.07, 6.45) is 5.36. The number of carbonyl (C=O) groups excluding carboxylic acids is 1. The van der Waals surface area contributed by atoms with Gasteiger partial charge in [0.1, 0.15) is 6.04 Å². The summed E-state index contributed by atoms with van der Waals surface area (Å²) in [7, 11) is -3.72. The zero-order valence-corrected chi connectivity index (χ0v) is 20.9. The molecule has 0 aromatic heterocycles. The lowest BCUT2D eigenvalue weighted by Gasteiger charge is -2.41. The number of aryl methyl sites for hydroxylation is 1. The average molecular weight is 469 g/mol. The van der Waals surface area contributed by atoms with Crippen LogP contribution < -0.4 is 0 Å². The fourth-order valence-electron chi connectivity index (χ4n) is 5.17. The van der Waals surface area contributed by atoms with Crippen LogP contribution in [0.25, 0.3) is 0 Å². The molecule has 1 saturated heterocycles. The number of sulfonamides is 1. The van der Waals surface area contributed by atoms with E-state index in [-0.39, 0.29) is 16.8 Å². The summed E-state index contributed by atoms with van der Waals surface area (Å²) in [5.41, 5.74) is 2.39. The lowest BCUT2D eigenvalue weighted by Crippen LogP contribution is -2.51. The van der Waals surface area contributed by atoms with Crippen molar-refractivity contribution in [3.05, 3.63) is 65.7 Å². The first-order chi connectivity index (χ1) is 15.7. The van der Waals surface area contributed by atoms with E-state index in [0.717, 1.165) is 36.8 Å². The topological polar surface area (TPSA) is 57.7 Å². The van der Waals surface area contributed by atoms with Gasteiger partial charge in [-0.25, -0.2) is 8.42 Å². The SMILES string of the molecule is Cc1ccc(S(=O)(=O)N2CCC[C@H]2C(=O)N(Cc2ccccc2)C2CCC(C)(C)CC2)cc1. The molecule has 0 bridgehead atoms. The van der Waals surface area contributed by atoms with E-state index in [9.17, 15) is 13.2 Å². The molecule has 33 heavy (non-hydrogen) atoms. The van der Waals surface area contributed by atoms with Crippen LogP contribution in [-0.2, 0) is 21.4 Å². The summed E-state index contributed by atoms with van der Waals surface area (Å²) in [5, 5.41) is 0. The highest BCUT2D eigenvalue weighted by Gasteiger charge is 2.43. The summed E-state index contributed by atoms with van der Waals surface area (Å²) in [4.78, 5) is 16.2. The molecule has 1 heterocycles. The standard InChI is InChI=1S/C27H36N2O3S/c1-21-11-13-24(14-12-21)33(31,32)29-19-7-10-25(29)26(30)28(20-22-8-5-4-6-9-22)23-15-17-27(2,3)18-16-23/h4-6,8-9,11-14,23,25H,7,10,15-20H2,1-3H3/t25-/m0/s1. The number of amides is 1. The van der Waals surface area contributed by atoms with Crippen LogP contribution in [0.1, 0.15) is 63.5 Å². The molecule has 0 spiro atoms. The van der Waals surface area contributed by atoms with Crippen molar-refractivity contribution >= 4 is 15.9 Å². The molecule has 0 radical (unpaired) electrons. The Morgan fingerprint density at radius 2 is 1.64 bits per heavy atom. The molecule has 1 atom stereocenters. The molecule has 1 aliphatic heterocycles. The molecule has 2 aliphatic rings. The molecular formula is C27H36N2O3S. The highest BCUT2D eigenvalue weighted by Crippen LogP contribution is 2.38. The van der Waals surface area contributed by atoms with Gasteiger partial charge in [0.25, 0.3) is 0 Å². The van der Waals surface area contributed by atoms with Crippen LogP contribution in [-0.4, -0.2) is 42.2 Å². The Balaban J connectivity index is 1.61. The van der Waals surface area contributed by atoms with Gasteiger partial charge in [-0.3, -0.25) is 4.79 Å². The van der Waals surface area contributed by atoms with Crippen LogP contribution in [0.5, 0.6) is 0 Å². The summed E-state index contributed by atoms with van der Waals surface area (Å²) in [6.45, 7) is 7.44. The number of rotatable bonds is 6. The molecule has 5 nitrogen and oxygen atoms in total. The van der Waals surface area contributed by atoms with Crippen molar-refractivity contribution in [3.63, 3.8) is 0 Å². The van der Waals surface area contributed by atoms with Gasteiger partial charge in [0.15, 0.2) is 0 Å². The third-order valence-electron chi connectivity index (χ3n) is 7.34. The lowest BCUT2D eigenvalue weighted by atomic mass is 9.75. The second-order valence-corrected chi connectivity index (χ2v) is 12.3. The molecule has 0 unspecified atom stereocenters. The van der Waals surface area contributed by atoms with Crippen LogP contribution in [0.4, 0.5) is 0 Å². The summed E-state index contributed by atoms with van der Waals surface area (Å²) >= 11 is 0. The fourth-order valence-corrected chi connectivity index (χ4v) is 6.83. The summed E-state index contributed by atoms with van der Waals surface area (Å²) in [5.74, 6) is -0.0447. The van der Waals surface area contributed by atoms with Crippen molar-refractivity contribution in [2.45, 2.75) is 82.8 Å². The quantitative estimate of drug-likeness (QED) is 0.589. The molecule has 0 N–H and O–H groups in total. The second-order valence-electron chi connectivity index (χ2n) is 10.4. The number of carbonyl (C=O) groups is 1. The fraction of sp³-hybridized carbons (Fsp3) is 0.519. The Morgan fingerprint density at radius 1 is 1.00 bits per heavy atom. The molecule has 178 valence electrons. The monoisotopic (exact) mass is 468 g/mol. The van der Waals surface area contributed by atoms with Gasteiger partial charge in [-0.2, -0.15) is 4.31 Å². The molecule has 2 aromatic carbocycles. The molecule has 1 aliphatic carbocycles. The third kappa shape index (κ3) is 5.33. The van der Waals surface area contributed by atoms with Crippen LogP contribution in [0.15, 0.2) is 59.5 Å². The molecule has 1 saturated carbocycles. The highest BCUT2D eigenvalue weighted by atomic mass is 32.2. The molecule has 2 aromatic rings. The third-order valence-corrected chi connectivity index (χ3v) is 9.27. The minimum absolute atomic E-state index is 0.0447. The van der Waals surface area contributed by atoms with Gasteiger partial charge in [-0.05, 0) is 68.6 Å². The van der Waals surface area contributed by atoms with E-state index >= 15 is 0 Å². The van der Waals surface area contributed by atoms with Gasteiger partial charge in [-0.1, -0.05) is 61.9 Å². The minimum Gasteiger partial charge on any atom is -0.334 e. The van der Waals surface area contributed by atoms with Crippen molar-refractivity contribution < 1.29 is 13.2 Å². The first-order valence-electron chi connectivity index (χ1n) is 12.1. The van der Waals surface area contributed by atoms with Gasteiger partial charge in [-0.15, -0.1) is 0 Å². The molecular weight excluding hydrogens is 432 g/mol. The van der Waals surface area contributed by atoms with Crippen LogP contribution in [0, 0.1) is 12.3 Å². The van der Waals surface area contributed by atoms with Crippen molar-refractivity contribution in [2.75, 3.05) is 6.54 Å². The lowest BCUT2D eigenvalue weighted by molar-refractivity contribution is -0.139. The van der Waals surface area contributed by atoms with E-state index in [2.05, 4.69) is 13.8 Å². The average Bonchev–Trinajstić information content (AvgIpc) is 3.29. The Bertz CT molecular complexity index is 1050. The number of nitrogens with zero attached hydrogens (tertiary/aromatic N) is 2. The largest absolute Gasteiger partial charge is 0.334 e. The van der Waals surface area contributed by atoms with E-state index in [0.29, 0.717) is 31.3 Å². The van der Waals surface area contributed by atoms with Crippen molar-refractivity contribution in [1.29, 1.82) is 0 Å². The van der Waals surface area contributed by atoms with Gasteiger partial charge in [0.05, 0.1) is 4.90 Å². The van der Waals surface area contributed by atoms with E-state index in [1.165, 1.54) is 4.31 Å². The Hall–Kier alpha value is -2.18. The number of hydrogen-bond acceptors (Lipinski definition) is 3. The Kier molecular flexibility index (Phi) is 6.96. The highest BCUT2D eigenvalue weighted by molar-refractivity contribution is 7.89. The molecule has 4 rings (SSSR count). The maximum absolute atomic E-state index is 14.0. The van der Waals surface area contributed by atoms with Crippen LogP contribution in [0.3, 0.4) is 0 Å². The zero-order chi connectivity index (χ0) is 23.6.